The van der Waals surface area contributed by atoms with Crippen molar-refractivity contribution in [2.24, 2.45) is 0 Å². The average Bonchev–Trinajstić information content (AvgIpc) is 2.61. The molecule has 0 fully saturated rings. The molecule has 0 aromatic heterocycles. The zero-order valence-electron chi connectivity index (χ0n) is 13.7. The van der Waals surface area contributed by atoms with Gasteiger partial charge in [0.1, 0.15) is 0 Å². The summed E-state index contributed by atoms with van der Waals surface area (Å²) in [6.45, 7) is 2.03. The fourth-order valence-corrected chi connectivity index (χ4v) is 3.06. The quantitative estimate of drug-likeness (QED) is 0.722. The molecular weight excluding hydrogens is 320 g/mol. The molecular formula is C19H22N2O2S. The second-order valence-electron chi connectivity index (χ2n) is 5.25. The van der Waals surface area contributed by atoms with Crippen molar-refractivity contribution in [3.63, 3.8) is 0 Å². The van der Waals surface area contributed by atoms with Gasteiger partial charge in [0.2, 0.25) is 11.8 Å². The van der Waals surface area contributed by atoms with Crippen molar-refractivity contribution < 1.29 is 9.59 Å². The third-order valence-corrected chi connectivity index (χ3v) is 4.47. The fourth-order valence-electron chi connectivity index (χ4n) is 2.19. The summed E-state index contributed by atoms with van der Waals surface area (Å²) in [7, 11) is 0. The molecule has 2 N–H and O–H groups in total. The molecule has 0 atom stereocenters. The van der Waals surface area contributed by atoms with Crippen molar-refractivity contribution in [2.45, 2.75) is 24.7 Å². The van der Waals surface area contributed by atoms with Crippen LogP contribution in [-0.2, 0) is 16.0 Å². The predicted octanol–water partition coefficient (Wildman–Crippen LogP) is 3.49. The number of hydrogen-bond donors (Lipinski definition) is 2. The first-order valence-corrected chi connectivity index (χ1v) is 9.00. The van der Waals surface area contributed by atoms with Gasteiger partial charge in [-0.3, -0.25) is 9.59 Å². The van der Waals surface area contributed by atoms with Crippen LogP contribution in [0.25, 0.3) is 0 Å². The molecule has 0 radical (unpaired) electrons. The van der Waals surface area contributed by atoms with Crippen LogP contribution in [-0.4, -0.2) is 24.1 Å². The van der Waals surface area contributed by atoms with Crippen molar-refractivity contribution >= 4 is 29.3 Å². The second kappa shape index (κ2) is 9.78. The summed E-state index contributed by atoms with van der Waals surface area (Å²) in [5, 5.41) is 5.50. The Morgan fingerprint density at radius 2 is 1.67 bits per heavy atom. The Balaban J connectivity index is 1.68. The van der Waals surface area contributed by atoms with Gasteiger partial charge in [-0.25, -0.2) is 0 Å². The zero-order chi connectivity index (χ0) is 17.2. The first-order valence-electron chi connectivity index (χ1n) is 8.01. The lowest BCUT2D eigenvalue weighted by Crippen LogP contribution is -2.33. The van der Waals surface area contributed by atoms with Gasteiger partial charge in [-0.05, 0) is 30.2 Å². The van der Waals surface area contributed by atoms with E-state index in [9.17, 15) is 9.59 Å². The summed E-state index contributed by atoms with van der Waals surface area (Å²) in [6, 6.07) is 17.6. The molecule has 5 heteroatoms. The Morgan fingerprint density at radius 3 is 2.42 bits per heavy atom. The largest absolute Gasteiger partial charge is 0.347 e. The predicted molar refractivity (Wildman–Crippen MR) is 99.2 cm³/mol. The zero-order valence-corrected chi connectivity index (χ0v) is 14.6. The van der Waals surface area contributed by atoms with Crippen LogP contribution in [0.5, 0.6) is 0 Å². The van der Waals surface area contributed by atoms with Gasteiger partial charge in [-0.1, -0.05) is 43.3 Å². The van der Waals surface area contributed by atoms with Crippen LogP contribution in [0.2, 0.25) is 0 Å². The summed E-state index contributed by atoms with van der Waals surface area (Å²) < 4.78 is 0. The van der Waals surface area contributed by atoms with E-state index in [1.165, 1.54) is 0 Å². The van der Waals surface area contributed by atoms with Crippen LogP contribution in [0.4, 0.5) is 5.69 Å². The second-order valence-corrected chi connectivity index (χ2v) is 6.42. The van der Waals surface area contributed by atoms with E-state index in [0.29, 0.717) is 12.2 Å². The fraction of sp³-hybridized carbons (Fsp3) is 0.263. The summed E-state index contributed by atoms with van der Waals surface area (Å²) in [5.41, 5.74) is 1.88. The van der Waals surface area contributed by atoms with E-state index in [-0.39, 0.29) is 18.4 Å². The molecule has 0 bridgehead atoms. The molecule has 2 aromatic rings. The number of nitrogens with one attached hydrogen (secondary N) is 2. The third kappa shape index (κ3) is 6.08. The van der Waals surface area contributed by atoms with Gasteiger partial charge in [-0.15, -0.1) is 11.8 Å². The number of carbonyl (C=O) groups excluding carboxylic acids is 2. The molecule has 24 heavy (non-hydrogen) atoms. The van der Waals surface area contributed by atoms with Crippen molar-refractivity contribution in [1.29, 1.82) is 0 Å². The van der Waals surface area contributed by atoms with Crippen LogP contribution in [0.15, 0.2) is 59.5 Å². The first-order chi connectivity index (χ1) is 11.7. The molecule has 2 amide bonds. The molecule has 0 aliphatic rings. The van der Waals surface area contributed by atoms with E-state index in [4.69, 9.17) is 0 Å². The van der Waals surface area contributed by atoms with Crippen LogP contribution in [0.3, 0.4) is 0 Å². The van der Waals surface area contributed by atoms with E-state index in [2.05, 4.69) is 10.6 Å². The molecule has 2 aromatic carbocycles. The van der Waals surface area contributed by atoms with Gasteiger partial charge in [0.05, 0.1) is 6.54 Å². The topological polar surface area (TPSA) is 58.2 Å². The Kier molecular flexibility index (Phi) is 7.36. The number of rotatable bonds is 8. The highest BCUT2D eigenvalue weighted by atomic mass is 32.2. The first kappa shape index (κ1) is 18.1. The molecule has 0 aliphatic carbocycles. The maximum absolute atomic E-state index is 11.9. The number of benzene rings is 2. The highest BCUT2D eigenvalue weighted by molar-refractivity contribution is 7.99. The highest BCUT2D eigenvalue weighted by Crippen LogP contribution is 2.17. The summed E-state index contributed by atoms with van der Waals surface area (Å²) in [6.07, 6.45) is 1.23. The highest BCUT2D eigenvalue weighted by Gasteiger charge is 2.08. The number of para-hydroxylation sites is 1. The van der Waals surface area contributed by atoms with E-state index in [1.54, 1.807) is 11.8 Å². The molecule has 0 aliphatic heterocycles. The molecule has 0 spiro atoms. The molecule has 2 rings (SSSR count). The monoisotopic (exact) mass is 342 g/mol. The smallest absolute Gasteiger partial charge is 0.243 e. The Hall–Kier alpha value is -2.27. The number of aryl methyl sites for hydroxylation is 1. The minimum Gasteiger partial charge on any atom is -0.347 e. The van der Waals surface area contributed by atoms with Gasteiger partial charge in [-0.2, -0.15) is 0 Å². The average molecular weight is 342 g/mol. The third-order valence-electron chi connectivity index (χ3n) is 3.46. The minimum atomic E-state index is -0.208. The SMILES string of the molecule is CCc1ccccc1NC(=O)CNC(=O)CCSc1ccccc1. The van der Waals surface area contributed by atoms with Gasteiger partial charge in [0, 0.05) is 22.8 Å². The summed E-state index contributed by atoms with van der Waals surface area (Å²) in [5.74, 6) is 0.369. The molecule has 0 heterocycles. The molecule has 0 saturated carbocycles. The molecule has 126 valence electrons. The lowest BCUT2D eigenvalue weighted by atomic mass is 10.1. The van der Waals surface area contributed by atoms with Crippen LogP contribution >= 0.6 is 11.8 Å². The number of thioether (sulfide) groups is 1. The minimum absolute atomic E-state index is 0.00706. The van der Waals surface area contributed by atoms with E-state index in [1.807, 2.05) is 61.5 Å². The standard InChI is InChI=1S/C19H22N2O2S/c1-2-15-8-6-7-11-17(15)21-19(23)14-20-18(22)12-13-24-16-9-4-3-5-10-16/h3-11H,2,12-14H2,1H3,(H,20,22)(H,21,23). The van der Waals surface area contributed by atoms with Crippen molar-refractivity contribution in [3.8, 4) is 0 Å². The van der Waals surface area contributed by atoms with Gasteiger partial charge < -0.3 is 10.6 Å². The van der Waals surface area contributed by atoms with Crippen molar-refractivity contribution in [3.05, 3.63) is 60.2 Å². The molecule has 0 unspecified atom stereocenters. The van der Waals surface area contributed by atoms with Crippen molar-refractivity contribution in [2.75, 3.05) is 17.6 Å². The van der Waals surface area contributed by atoms with E-state index >= 15 is 0 Å². The lowest BCUT2D eigenvalue weighted by molar-refractivity contribution is -0.123. The Bertz CT molecular complexity index is 674. The van der Waals surface area contributed by atoms with Gasteiger partial charge in [0.25, 0.3) is 0 Å². The normalized spacial score (nSPS) is 10.2. The van der Waals surface area contributed by atoms with Crippen LogP contribution < -0.4 is 10.6 Å². The Labute approximate surface area is 147 Å². The van der Waals surface area contributed by atoms with E-state index in [0.717, 1.165) is 22.6 Å². The maximum atomic E-state index is 11.9. The number of hydrogen-bond acceptors (Lipinski definition) is 3. The van der Waals surface area contributed by atoms with Gasteiger partial charge in [0.15, 0.2) is 0 Å². The summed E-state index contributed by atoms with van der Waals surface area (Å²) >= 11 is 1.63. The van der Waals surface area contributed by atoms with Crippen molar-refractivity contribution in [1.82, 2.24) is 5.32 Å². The number of anilines is 1. The van der Waals surface area contributed by atoms with Crippen LogP contribution in [0.1, 0.15) is 18.9 Å². The molecule has 4 nitrogen and oxygen atoms in total. The molecule has 0 saturated heterocycles. The van der Waals surface area contributed by atoms with Crippen LogP contribution in [0, 0.1) is 0 Å². The maximum Gasteiger partial charge on any atom is 0.243 e. The number of amides is 2. The van der Waals surface area contributed by atoms with E-state index < -0.39 is 0 Å². The number of carbonyl (C=O) groups is 2. The Morgan fingerprint density at radius 1 is 0.958 bits per heavy atom. The summed E-state index contributed by atoms with van der Waals surface area (Å²) in [4.78, 5) is 24.9. The lowest BCUT2D eigenvalue weighted by Gasteiger charge is -2.10. The van der Waals surface area contributed by atoms with Gasteiger partial charge >= 0.3 is 0 Å².